The van der Waals surface area contributed by atoms with Crippen molar-refractivity contribution < 1.29 is 8.42 Å². The number of hydrogen-bond donors (Lipinski definition) is 0. The molecule has 6 heteroatoms. The summed E-state index contributed by atoms with van der Waals surface area (Å²) < 4.78 is 28.0. The zero-order valence-electron chi connectivity index (χ0n) is 12.5. The zero-order chi connectivity index (χ0) is 15.5. The molecule has 21 heavy (non-hydrogen) atoms. The summed E-state index contributed by atoms with van der Waals surface area (Å²) in [5.41, 5.74) is -0.162. The summed E-state index contributed by atoms with van der Waals surface area (Å²) in [6, 6.07) is 2.70. The van der Waals surface area contributed by atoms with Crippen LogP contribution in [0.2, 0.25) is 0 Å². The van der Waals surface area contributed by atoms with E-state index in [1.807, 2.05) is 12.2 Å². The third-order valence-corrected chi connectivity index (χ3v) is 5.87. The van der Waals surface area contributed by atoms with Crippen molar-refractivity contribution in [1.29, 1.82) is 0 Å². The molecule has 1 heterocycles. The summed E-state index contributed by atoms with van der Waals surface area (Å²) in [6.07, 6.45) is 8.41. The van der Waals surface area contributed by atoms with Crippen LogP contribution in [0.5, 0.6) is 0 Å². The third kappa shape index (κ3) is 3.27. The first-order chi connectivity index (χ1) is 10.0. The Balaban J connectivity index is 2.45. The van der Waals surface area contributed by atoms with Crippen molar-refractivity contribution in [2.24, 2.45) is 0 Å². The van der Waals surface area contributed by atoms with Gasteiger partial charge in [-0.25, -0.2) is 8.42 Å². The van der Waals surface area contributed by atoms with Crippen molar-refractivity contribution in [2.45, 2.75) is 44.0 Å². The van der Waals surface area contributed by atoms with E-state index in [0.29, 0.717) is 13.1 Å². The Morgan fingerprint density at radius 1 is 1.29 bits per heavy atom. The van der Waals surface area contributed by atoms with Gasteiger partial charge in [-0.1, -0.05) is 26.0 Å². The van der Waals surface area contributed by atoms with E-state index in [-0.39, 0.29) is 16.5 Å². The van der Waals surface area contributed by atoms with Gasteiger partial charge in [-0.3, -0.25) is 4.79 Å². The Labute approximate surface area is 125 Å². The van der Waals surface area contributed by atoms with Crippen LogP contribution >= 0.6 is 0 Å². The van der Waals surface area contributed by atoms with Gasteiger partial charge in [0.05, 0.1) is 10.9 Å². The maximum Gasteiger partial charge on any atom is 0.251 e. The first kappa shape index (κ1) is 16.0. The standard InChI is InChI=1S/C15H22N2O3S/c1-3-16(4-2)21(19,20)14-10-11-15(18)17(12-14)13-8-6-5-7-9-13/h6,8,10-13H,3-5,7,9H2,1-2H3/t13-/m1/s1. The van der Waals surface area contributed by atoms with Gasteiger partial charge >= 0.3 is 0 Å². The van der Waals surface area contributed by atoms with Crippen LogP contribution in [0, 0.1) is 0 Å². The van der Waals surface area contributed by atoms with E-state index in [0.717, 1.165) is 19.3 Å². The Morgan fingerprint density at radius 3 is 2.57 bits per heavy atom. The van der Waals surface area contributed by atoms with E-state index >= 15 is 0 Å². The number of pyridine rings is 1. The lowest BCUT2D eigenvalue weighted by atomic mass is 10.0. The molecule has 1 aliphatic rings. The van der Waals surface area contributed by atoms with Gasteiger partial charge in [0.2, 0.25) is 10.0 Å². The van der Waals surface area contributed by atoms with E-state index < -0.39 is 10.0 Å². The van der Waals surface area contributed by atoms with Crippen molar-refractivity contribution in [3.63, 3.8) is 0 Å². The largest absolute Gasteiger partial charge is 0.307 e. The molecule has 0 spiro atoms. The van der Waals surface area contributed by atoms with Gasteiger partial charge in [-0.15, -0.1) is 0 Å². The molecule has 0 bridgehead atoms. The first-order valence-electron chi connectivity index (χ1n) is 7.39. The predicted molar refractivity (Wildman–Crippen MR) is 82.8 cm³/mol. The molecule has 2 rings (SSSR count). The van der Waals surface area contributed by atoms with Crippen molar-refractivity contribution in [2.75, 3.05) is 13.1 Å². The maximum atomic E-state index is 12.5. The fourth-order valence-corrected chi connectivity index (χ4v) is 4.10. The number of hydrogen-bond acceptors (Lipinski definition) is 3. The number of nitrogens with zero attached hydrogens (tertiary/aromatic N) is 2. The van der Waals surface area contributed by atoms with Crippen molar-refractivity contribution in [3.05, 3.63) is 40.8 Å². The number of allylic oxidation sites excluding steroid dienone is 2. The molecule has 1 aromatic rings. The average molecular weight is 310 g/mol. The molecule has 1 aliphatic carbocycles. The second kappa shape index (κ2) is 6.58. The first-order valence-corrected chi connectivity index (χ1v) is 8.83. The molecule has 0 aliphatic heterocycles. The van der Waals surface area contributed by atoms with Crippen molar-refractivity contribution in [1.82, 2.24) is 8.87 Å². The van der Waals surface area contributed by atoms with Gasteiger partial charge in [0.25, 0.3) is 5.56 Å². The summed E-state index contributed by atoms with van der Waals surface area (Å²) >= 11 is 0. The lowest BCUT2D eigenvalue weighted by molar-refractivity contribution is 0.442. The molecular weight excluding hydrogens is 288 g/mol. The van der Waals surface area contributed by atoms with Gasteiger partial charge in [0.1, 0.15) is 0 Å². The van der Waals surface area contributed by atoms with Crippen LogP contribution < -0.4 is 5.56 Å². The van der Waals surface area contributed by atoms with Crippen LogP contribution in [0.25, 0.3) is 0 Å². The van der Waals surface area contributed by atoms with Crippen LogP contribution in [-0.2, 0) is 10.0 Å². The smallest absolute Gasteiger partial charge is 0.251 e. The highest BCUT2D eigenvalue weighted by Gasteiger charge is 2.23. The molecule has 116 valence electrons. The fraction of sp³-hybridized carbons (Fsp3) is 0.533. The van der Waals surface area contributed by atoms with Crippen LogP contribution in [0.15, 0.2) is 40.2 Å². The molecule has 0 radical (unpaired) electrons. The van der Waals surface area contributed by atoms with Gasteiger partial charge in [-0.05, 0) is 25.3 Å². The number of sulfonamides is 1. The zero-order valence-corrected chi connectivity index (χ0v) is 13.3. The summed E-state index contributed by atoms with van der Waals surface area (Å²) in [6.45, 7) is 4.45. The van der Waals surface area contributed by atoms with Gasteiger partial charge in [-0.2, -0.15) is 4.31 Å². The normalized spacial score (nSPS) is 19.1. The second-order valence-electron chi connectivity index (χ2n) is 5.13. The summed E-state index contributed by atoms with van der Waals surface area (Å²) in [5, 5.41) is 0. The molecule has 0 saturated heterocycles. The van der Waals surface area contributed by atoms with Crippen LogP contribution in [-0.4, -0.2) is 30.4 Å². The molecular formula is C15H22N2O3S. The highest BCUT2D eigenvalue weighted by Crippen LogP contribution is 2.22. The summed E-state index contributed by atoms with van der Waals surface area (Å²) in [5.74, 6) is 0. The molecule has 1 aromatic heterocycles. The molecule has 0 saturated carbocycles. The fourth-order valence-electron chi connectivity index (χ4n) is 2.63. The highest BCUT2D eigenvalue weighted by molar-refractivity contribution is 7.89. The number of aromatic nitrogens is 1. The minimum absolute atomic E-state index is 0.0434. The molecule has 0 unspecified atom stereocenters. The molecule has 1 atom stereocenters. The predicted octanol–water partition coefficient (Wildman–Crippen LogP) is 2.16. The van der Waals surface area contributed by atoms with E-state index in [1.165, 1.54) is 27.2 Å². The molecule has 0 fully saturated rings. The molecule has 0 N–H and O–H groups in total. The van der Waals surface area contributed by atoms with Crippen LogP contribution in [0.3, 0.4) is 0 Å². The Bertz CT molecular complexity index is 672. The number of rotatable bonds is 5. The quantitative estimate of drug-likeness (QED) is 0.783. The maximum absolute atomic E-state index is 12.5. The van der Waals surface area contributed by atoms with Crippen molar-refractivity contribution >= 4 is 10.0 Å². The topological polar surface area (TPSA) is 59.4 Å². The minimum atomic E-state index is -3.53. The van der Waals surface area contributed by atoms with E-state index in [9.17, 15) is 13.2 Å². The lowest BCUT2D eigenvalue weighted by Gasteiger charge is -2.22. The lowest BCUT2D eigenvalue weighted by Crippen LogP contribution is -2.32. The van der Waals surface area contributed by atoms with Crippen molar-refractivity contribution in [3.8, 4) is 0 Å². The summed E-state index contributed by atoms with van der Waals surface area (Å²) in [7, 11) is -3.53. The Morgan fingerprint density at radius 2 is 2.00 bits per heavy atom. The Hall–Kier alpha value is -1.40. The second-order valence-corrected chi connectivity index (χ2v) is 7.06. The van der Waals surface area contributed by atoms with Gasteiger partial charge in [0.15, 0.2) is 0 Å². The average Bonchev–Trinajstić information content (AvgIpc) is 2.49. The highest BCUT2D eigenvalue weighted by atomic mass is 32.2. The van der Waals surface area contributed by atoms with E-state index in [4.69, 9.17) is 0 Å². The van der Waals surface area contributed by atoms with Crippen LogP contribution in [0.4, 0.5) is 0 Å². The monoisotopic (exact) mass is 310 g/mol. The van der Waals surface area contributed by atoms with Gasteiger partial charge in [0, 0.05) is 25.4 Å². The third-order valence-electron chi connectivity index (χ3n) is 3.84. The molecule has 0 amide bonds. The van der Waals surface area contributed by atoms with E-state index in [2.05, 4.69) is 0 Å². The molecule has 0 aromatic carbocycles. The molecule has 5 nitrogen and oxygen atoms in total. The minimum Gasteiger partial charge on any atom is -0.307 e. The summed E-state index contributed by atoms with van der Waals surface area (Å²) in [4.78, 5) is 12.2. The SMILES string of the molecule is CCN(CC)S(=O)(=O)c1ccc(=O)n([C@@H]2C=CCCC2)c1. The van der Waals surface area contributed by atoms with Gasteiger partial charge < -0.3 is 4.57 Å². The van der Waals surface area contributed by atoms with Crippen LogP contribution in [0.1, 0.15) is 39.2 Å². The van der Waals surface area contributed by atoms with E-state index in [1.54, 1.807) is 13.8 Å². The Kier molecular flexibility index (Phi) is 5.00.